The van der Waals surface area contributed by atoms with Crippen LogP contribution in [0.1, 0.15) is 31.6 Å². The highest BCUT2D eigenvalue weighted by atomic mass is 79.9. The van der Waals surface area contributed by atoms with E-state index < -0.39 is 0 Å². The summed E-state index contributed by atoms with van der Waals surface area (Å²) in [5, 5.41) is 8.60. The van der Waals surface area contributed by atoms with Gasteiger partial charge in [-0.15, -0.1) is 0 Å². The number of thioether (sulfide) groups is 2. The first-order valence-corrected chi connectivity index (χ1v) is 9.24. The fraction of sp³-hybridized carbons (Fsp3) is 0.750. The zero-order valence-corrected chi connectivity index (χ0v) is 14.2. The lowest BCUT2D eigenvalue weighted by Crippen LogP contribution is -2.33. The van der Waals surface area contributed by atoms with E-state index in [4.69, 9.17) is 0 Å². The molecule has 102 valence electrons. The molecule has 2 heterocycles. The van der Waals surface area contributed by atoms with E-state index in [1.807, 2.05) is 6.20 Å². The molecular formula is C12H20BrN3S2. The molecule has 0 radical (unpaired) electrons. The minimum atomic E-state index is 0.363. The lowest BCUT2D eigenvalue weighted by atomic mass is 10.1. The Kier molecular flexibility index (Phi) is 5.47. The number of rotatable bonds is 4. The molecule has 18 heavy (non-hydrogen) atoms. The molecule has 1 saturated heterocycles. The van der Waals surface area contributed by atoms with Crippen molar-refractivity contribution in [2.45, 2.75) is 31.2 Å². The van der Waals surface area contributed by atoms with Crippen LogP contribution in [0.3, 0.4) is 0 Å². The van der Waals surface area contributed by atoms with Crippen LogP contribution in [0.4, 0.5) is 0 Å². The van der Waals surface area contributed by atoms with E-state index in [-0.39, 0.29) is 0 Å². The van der Waals surface area contributed by atoms with Crippen LogP contribution >= 0.6 is 39.5 Å². The third kappa shape index (κ3) is 3.08. The Morgan fingerprint density at radius 3 is 2.83 bits per heavy atom. The van der Waals surface area contributed by atoms with Crippen molar-refractivity contribution in [1.82, 2.24) is 15.1 Å². The summed E-state index contributed by atoms with van der Waals surface area (Å²) in [4.78, 5) is 0. The minimum absolute atomic E-state index is 0.363. The molecule has 0 aliphatic carbocycles. The maximum Gasteiger partial charge on any atom is 0.0710 e. The van der Waals surface area contributed by atoms with E-state index in [9.17, 15) is 0 Å². The Morgan fingerprint density at radius 2 is 2.28 bits per heavy atom. The van der Waals surface area contributed by atoms with E-state index in [1.54, 1.807) is 0 Å². The number of aromatic nitrogens is 2. The van der Waals surface area contributed by atoms with Crippen LogP contribution in [-0.4, -0.2) is 39.3 Å². The maximum atomic E-state index is 4.49. The Hall–Kier alpha value is 0.350. The van der Waals surface area contributed by atoms with Crippen LogP contribution in [-0.2, 0) is 0 Å². The Morgan fingerprint density at radius 1 is 1.50 bits per heavy atom. The second kappa shape index (κ2) is 6.68. The summed E-state index contributed by atoms with van der Waals surface area (Å²) in [6, 6.07) is 0.755. The van der Waals surface area contributed by atoms with Crippen LogP contribution in [0.25, 0.3) is 0 Å². The quantitative estimate of drug-likeness (QED) is 0.902. The second-order valence-corrected chi connectivity index (χ2v) is 8.02. The highest BCUT2D eigenvalue weighted by Gasteiger charge is 2.29. The molecule has 1 aliphatic rings. The summed E-state index contributed by atoms with van der Waals surface area (Å²) in [6.45, 7) is 4.36. The van der Waals surface area contributed by atoms with Gasteiger partial charge in [-0.25, -0.2) is 0 Å². The van der Waals surface area contributed by atoms with Crippen LogP contribution in [0.15, 0.2) is 10.7 Å². The van der Waals surface area contributed by atoms with Crippen molar-refractivity contribution in [3.8, 4) is 0 Å². The number of nitrogens with one attached hydrogen (secondary N) is 1. The van der Waals surface area contributed by atoms with Gasteiger partial charge in [0, 0.05) is 28.6 Å². The van der Waals surface area contributed by atoms with Gasteiger partial charge in [-0.2, -0.15) is 28.6 Å². The van der Waals surface area contributed by atoms with Gasteiger partial charge in [0.05, 0.1) is 22.4 Å². The van der Waals surface area contributed by atoms with E-state index in [0.717, 1.165) is 4.47 Å². The zero-order valence-electron chi connectivity index (χ0n) is 11.0. The summed E-state index contributed by atoms with van der Waals surface area (Å²) in [5.74, 6) is 3.75. The van der Waals surface area contributed by atoms with E-state index >= 15 is 0 Å². The van der Waals surface area contributed by atoms with Crippen molar-refractivity contribution in [3.05, 3.63) is 16.4 Å². The van der Waals surface area contributed by atoms with Crippen molar-refractivity contribution in [2.75, 3.05) is 24.3 Å². The van der Waals surface area contributed by atoms with E-state index in [1.165, 1.54) is 23.0 Å². The number of halogens is 1. The second-order valence-electron chi connectivity index (χ2n) is 4.67. The van der Waals surface area contributed by atoms with Gasteiger partial charge in [0.1, 0.15) is 0 Å². The molecule has 2 unspecified atom stereocenters. The first-order chi connectivity index (χ1) is 8.65. The first kappa shape index (κ1) is 14.8. The van der Waals surface area contributed by atoms with E-state index in [2.05, 4.69) is 75.4 Å². The van der Waals surface area contributed by atoms with Crippen LogP contribution in [0, 0.1) is 0 Å². The van der Waals surface area contributed by atoms with Crippen LogP contribution in [0.5, 0.6) is 0 Å². The van der Waals surface area contributed by atoms with Gasteiger partial charge in [0.25, 0.3) is 0 Å². The Labute approximate surface area is 126 Å². The van der Waals surface area contributed by atoms with Gasteiger partial charge in [-0.3, -0.25) is 4.68 Å². The van der Waals surface area contributed by atoms with Crippen molar-refractivity contribution >= 4 is 39.5 Å². The number of nitrogens with zero attached hydrogens (tertiary/aromatic N) is 2. The monoisotopic (exact) mass is 349 g/mol. The van der Waals surface area contributed by atoms with E-state index in [0.29, 0.717) is 17.3 Å². The average Bonchev–Trinajstić information content (AvgIpc) is 2.74. The summed E-state index contributed by atoms with van der Waals surface area (Å²) in [5.41, 5.74) is 1.28. The molecular weight excluding hydrogens is 330 g/mol. The Bertz CT molecular complexity index is 389. The minimum Gasteiger partial charge on any atom is -0.311 e. The molecule has 0 bridgehead atoms. The predicted octanol–water partition coefficient (Wildman–Crippen LogP) is 3.34. The smallest absolute Gasteiger partial charge is 0.0710 e. The third-order valence-corrected chi connectivity index (χ3v) is 6.57. The van der Waals surface area contributed by atoms with Crippen molar-refractivity contribution in [3.63, 3.8) is 0 Å². The van der Waals surface area contributed by atoms with Crippen LogP contribution < -0.4 is 5.32 Å². The molecule has 0 aromatic carbocycles. The molecule has 6 heteroatoms. The van der Waals surface area contributed by atoms with Crippen molar-refractivity contribution < 1.29 is 0 Å². The maximum absolute atomic E-state index is 4.49. The summed E-state index contributed by atoms with van der Waals surface area (Å²) < 4.78 is 3.25. The number of hydrogen-bond acceptors (Lipinski definition) is 4. The molecule has 3 nitrogen and oxygen atoms in total. The van der Waals surface area contributed by atoms with Gasteiger partial charge in [0.2, 0.25) is 0 Å². The number of hydrogen-bond donors (Lipinski definition) is 1. The molecule has 0 amide bonds. The first-order valence-electron chi connectivity index (χ1n) is 6.24. The Balaban J connectivity index is 2.28. The highest BCUT2D eigenvalue weighted by Crippen LogP contribution is 2.36. The largest absolute Gasteiger partial charge is 0.311 e. The molecule has 1 aliphatic heterocycles. The topological polar surface area (TPSA) is 29.9 Å². The normalized spacial score (nSPS) is 22.4. The molecule has 0 saturated carbocycles. The molecule has 1 aromatic heterocycles. The standard InChI is InChI=1S/C12H20BrN3S2/c1-8(2)16-12(9(13)6-15-16)11(14-3)10-7-17-4-5-18-10/h6,8,10-11,14H,4-5,7H2,1-3H3. The molecule has 2 rings (SSSR count). The van der Waals surface area contributed by atoms with Gasteiger partial charge in [-0.05, 0) is 36.8 Å². The van der Waals surface area contributed by atoms with Crippen LogP contribution in [0.2, 0.25) is 0 Å². The SMILES string of the molecule is CNC(c1c(Br)cnn1C(C)C)C1CSCCS1. The molecule has 2 atom stereocenters. The highest BCUT2D eigenvalue weighted by molar-refractivity contribution is 9.10. The fourth-order valence-electron chi connectivity index (χ4n) is 2.25. The summed E-state index contributed by atoms with van der Waals surface area (Å²) in [6.07, 6.45) is 1.92. The lowest BCUT2D eigenvalue weighted by Gasteiger charge is -2.30. The molecule has 0 spiro atoms. The lowest BCUT2D eigenvalue weighted by molar-refractivity contribution is 0.459. The zero-order chi connectivity index (χ0) is 13.1. The van der Waals surface area contributed by atoms with Gasteiger partial charge >= 0.3 is 0 Å². The van der Waals surface area contributed by atoms with Gasteiger partial charge in [-0.1, -0.05) is 0 Å². The molecule has 1 aromatic rings. The van der Waals surface area contributed by atoms with Gasteiger partial charge < -0.3 is 5.32 Å². The van der Waals surface area contributed by atoms with Gasteiger partial charge in [0.15, 0.2) is 0 Å². The van der Waals surface area contributed by atoms with Crippen molar-refractivity contribution in [2.24, 2.45) is 0 Å². The average molecular weight is 350 g/mol. The summed E-state index contributed by atoms with van der Waals surface area (Å²) in [7, 11) is 2.05. The molecule has 1 fully saturated rings. The summed E-state index contributed by atoms with van der Waals surface area (Å²) >= 11 is 7.79. The third-order valence-electron chi connectivity index (χ3n) is 3.10. The molecule has 1 N–H and O–H groups in total. The van der Waals surface area contributed by atoms with Crippen molar-refractivity contribution in [1.29, 1.82) is 0 Å². The predicted molar refractivity (Wildman–Crippen MR) is 85.7 cm³/mol. The fourth-order valence-corrected chi connectivity index (χ4v) is 5.65.